The number of unbranched alkanes of at least 4 members (excludes halogenated alkanes) is 2. The largest absolute Gasteiger partial charge is 0.472 e. The number of aliphatic hydroxyl groups is 2. The monoisotopic (exact) mass is 1180 g/mol. The van der Waals surface area contributed by atoms with Crippen molar-refractivity contribution in [2.75, 3.05) is 36.1 Å². The number of fused-ring (bicyclic) bond motifs is 4. The Morgan fingerprint density at radius 1 is 0.927 bits per heavy atom. The summed E-state index contributed by atoms with van der Waals surface area (Å²) in [6.45, 7) is 7.52. The van der Waals surface area contributed by atoms with E-state index in [-0.39, 0.29) is 77.1 Å². The van der Waals surface area contributed by atoms with E-state index in [0.717, 1.165) is 17.2 Å². The summed E-state index contributed by atoms with van der Waals surface area (Å²) >= 11 is 0. The predicted molar refractivity (Wildman–Crippen MR) is 281 cm³/mol. The molecule has 0 bridgehead atoms. The van der Waals surface area contributed by atoms with Gasteiger partial charge in [0, 0.05) is 42.8 Å². The first-order chi connectivity index (χ1) is 39.0. The quantitative estimate of drug-likeness (QED) is 0.0337. The van der Waals surface area contributed by atoms with Crippen LogP contribution in [0.5, 0.6) is 0 Å². The highest BCUT2D eigenvalue weighted by molar-refractivity contribution is 7.47. The number of phosphoric acid groups is 2. The van der Waals surface area contributed by atoms with Gasteiger partial charge in [-0.3, -0.25) is 61.9 Å². The number of phosphoric ester groups is 2. The lowest BCUT2D eigenvalue weighted by Crippen LogP contribution is -2.46. The highest BCUT2D eigenvalue weighted by atomic mass is 31.2. The fourth-order valence-corrected chi connectivity index (χ4v) is 11.5. The van der Waals surface area contributed by atoms with Gasteiger partial charge in [-0.1, -0.05) is 50.9 Å². The van der Waals surface area contributed by atoms with Gasteiger partial charge in [-0.05, 0) is 42.5 Å². The zero-order valence-corrected chi connectivity index (χ0v) is 45.9. The molecule has 4 aliphatic rings. The second-order valence-electron chi connectivity index (χ2n) is 20.0. The summed E-state index contributed by atoms with van der Waals surface area (Å²) in [7, 11) is -10.4. The van der Waals surface area contributed by atoms with Gasteiger partial charge >= 0.3 is 27.4 Å². The zero-order chi connectivity index (χ0) is 58.8. The summed E-state index contributed by atoms with van der Waals surface area (Å²) < 4.78 is 67.6. The third-order valence-corrected chi connectivity index (χ3v) is 15.7. The number of nitrogens with one attached hydrogen (secondary N) is 5. The van der Waals surface area contributed by atoms with E-state index in [1.807, 2.05) is 13.8 Å². The highest BCUT2D eigenvalue weighted by Gasteiger charge is 2.55. The molecule has 3 saturated heterocycles. The van der Waals surface area contributed by atoms with Gasteiger partial charge in [-0.2, -0.15) is 9.97 Å². The number of nitrogen functional groups attached to an aromatic ring is 1. The number of nitrogens with two attached hydrogens (primary N) is 1. The smallest absolute Gasteiger partial charge is 0.444 e. The number of aromatic nitrogens is 8. The minimum absolute atomic E-state index is 0.00832. The van der Waals surface area contributed by atoms with Gasteiger partial charge in [0.25, 0.3) is 11.5 Å². The molecule has 0 radical (unpaired) electrons. The molecule has 4 amide bonds. The van der Waals surface area contributed by atoms with E-state index in [2.05, 4.69) is 52.4 Å². The third-order valence-electron chi connectivity index (χ3n) is 13.8. The number of ether oxygens (including phenoxy) is 3. The summed E-state index contributed by atoms with van der Waals surface area (Å²) in [5, 5.41) is 31.0. The van der Waals surface area contributed by atoms with Crippen LogP contribution in [0.15, 0.2) is 72.5 Å². The maximum Gasteiger partial charge on any atom is 0.472 e. The van der Waals surface area contributed by atoms with Crippen molar-refractivity contribution < 1.29 is 90.0 Å². The van der Waals surface area contributed by atoms with Crippen LogP contribution in [0.4, 0.5) is 22.2 Å². The van der Waals surface area contributed by atoms with Crippen LogP contribution in [0.2, 0.25) is 0 Å². The molecule has 5 unspecified atom stereocenters. The van der Waals surface area contributed by atoms with Crippen molar-refractivity contribution in [1.82, 2.24) is 44.7 Å². The van der Waals surface area contributed by atoms with Crippen molar-refractivity contribution >= 4 is 85.0 Å². The Hall–Kier alpha value is -7.19. The molecule has 11 N–H and O–H groups in total. The molecular formula is C48H60N13O19P2+. The SMILES string of the molecule is C=C1C=CC(=O)N1CCCCCC(=O)N[C@@H](C(=O)CC(C)C(=O)Nc1ccc(COC(=O)Nc2ncnc3c2[nH]c[n+]3[C@@H]2O[C@@H]3COP(=O)(O)O[C@@H]4C(O)[C@H](n5cnc6c(=O)[nH]c(N)nc65)O[C@@H]4COP(=O)(O)OC3[C@@H]2O)cc1)C(C)C. The van der Waals surface area contributed by atoms with Crippen LogP contribution < -0.4 is 31.8 Å². The molecule has 9 rings (SSSR count). The number of aliphatic hydroxyl groups excluding tert-OH is 2. The predicted octanol–water partition coefficient (Wildman–Crippen LogP) is 1.39. The first kappa shape index (κ1) is 59.4. The number of Topliss-reactive ketones (excluding diaryl/α,β-unsaturated/α-hetero) is 1. The molecule has 82 heavy (non-hydrogen) atoms. The molecule has 1 aromatic carbocycles. The molecule has 34 heteroatoms. The molecule has 3 fully saturated rings. The molecule has 4 aliphatic heterocycles. The Balaban J connectivity index is 0.757. The number of aromatic amines is 2. The van der Waals surface area contributed by atoms with Gasteiger partial charge < -0.3 is 55.5 Å². The minimum atomic E-state index is -5.20. The lowest BCUT2D eigenvalue weighted by atomic mass is 9.92. The molecule has 0 aliphatic carbocycles. The van der Waals surface area contributed by atoms with Gasteiger partial charge in [0.15, 0.2) is 41.6 Å². The van der Waals surface area contributed by atoms with Crippen molar-refractivity contribution in [2.45, 2.75) is 115 Å². The number of imidazole rings is 2. The topological polar surface area (TPSA) is 439 Å². The maximum absolute atomic E-state index is 13.5. The molecule has 8 heterocycles. The van der Waals surface area contributed by atoms with Gasteiger partial charge in [-0.25, -0.2) is 23.5 Å². The van der Waals surface area contributed by atoms with Crippen LogP contribution in [0.3, 0.4) is 0 Å². The van der Waals surface area contributed by atoms with Crippen molar-refractivity contribution in [3.8, 4) is 0 Å². The normalized spacial score (nSPS) is 27.4. The van der Waals surface area contributed by atoms with Crippen LogP contribution >= 0.6 is 15.6 Å². The number of allylic oxidation sites excluding steroid dienone is 1. The molecular weight excluding hydrogens is 1120 g/mol. The Morgan fingerprint density at radius 3 is 2.30 bits per heavy atom. The number of carbonyl (C=O) groups is 5. The van der Waals surface area contributed by atoms with E-state index in [1.54, 1.807) is 42.2 Å². The number of H-pyrrole nitrogens is 2. The molecule has 0 saturated carbocycles. The van der Waals surface area contributed by atoms with Crippen molar-refractivity contribution in [3.05, 3.63) is 83.6 Å². The van der Waals surface area contributed by atoms with Gasteiger partial charge in [-0.15, -0.1) is 0 Å². The number of benzene rings is 1. The second kappa shape index (κ2) is 24.7. The van der Waals surface area contributed by atoms with Crippen molar-refractivity contribution in [2.24, 2.45) is 11.8 Å². The van der Waals surface area contributed by atoms with E-state index in [9.17, 15) is 57.9 Å². The molecule has 0 spiro atoms. The van der Waals surface area contributed by atoms with Crippen LogP contribution in [-0.4, -0.2) is 151 Å². The molecule has 12 atom stereocenters. The third kappa shape index (κ3) is 13.5. The first-order valence-electron chi connectivity index (χ1n) is 25.7. The van der Waals surface area contributed by atoms with Gasteiger partial charge in [0.2, 0.25) is 29.5 Å². The summed E-state index contributed by atoms with van der Waals surface area (Å²) in [6.07, 6.45) is -5.82. The molecule has 4 aromatic heterocycles. The van der Waals surface area contributed by atoms with E-state index >= 15 is 0 Å². The number of anilines is 3. The Bertz CT molecular complexity index is 3430. The lowest BCUT2D eigenvalue weighted by Gasteiger charge is -2.27. The molecule has 440 valence electrons. The van der Waals surface area contributed by atoms with E-state index in [0.29, 0.717) is 42.8 Å². The fraction of sp³-hybridized carbons (Fsp3) is 0.479. The number of ketones is 1. The van der Waals surface area contributed by atoms with Crippen LogP contribution in [-0.2, 0) is 67.2 Å². The fourth-order valence-electron chi connectivity index (χ4n) is 9.54. The van der Waals surface area contributed by atoms with Crippen LogP contribution in [0.25, 0.3) is 22.3 Å². The number of hydrogen-bond donors (Lipinski definition) is 10. The number of amides is 4. The Kier molecular flexibility index (Phi) is 17.9. The number of carbonyl (C=O) groups excluding carboxylic acids is 5. The standard InChI is InChI=1S/C48H59N13O19P2/c1-23(2)33(55-31(63)8-6-5-7-15-59-25(4)9-14-32(59)64)28(62)16-24(3)43(67)54-27-12-10-26(11-13-27)17-74-48(69)56-40-34-41(51-20-50-40)60(21-52-34)45-36(65)38-29(77-45)18-75-82(72,73)80-39-30(19-76-81(70,71)79-38)78-46(37(39)66)61-22-53-35-42(61)57-47(49)58-44(35)68/h9-14,20-24,29-30,33,36-39,45-46,65-66H,4-8,15-19H2,1-3H3,(H8,49,50,51,54,55,56,57,58,63,67,68,69,70,71,72,73)/p+1/t24?,29-,30-,33-,36+,37?,38?,39+,45-,46-/m1/s1. The zero-order valence-electron chi connectivity index (χ0n) is 44.1. The average molecular weight is 1190 g/mol. The number of rotatable bonds is 18. The van der Waals surface area contributed by atoms with Gasteiger partial charge in [0.05, 0.1) is 25.6 Å². The van der Waals surface area contributed by atoms with Crippen LogP contribution in [0, 0.1) is 11.8 Å². The average Bonchev–Trinajstić information content (AvgIpc) is 4.37. The summed E-state index contributed by atoms with van der Waals surface area (Å²) in [4.78, 5) is 121. The van der Waals surface area contributed by atoms with Crippen LogP contribution in [0.1, 0.15) is 70.9 Å². The van der Waals surface area contributed by atoms with Gasteiger partial charge in [0.1, 0.15) is 43.2 Å². The lowest BCUT2D eigenvalue weighted by molar-refractivity contribution is -0.745. The van der Waals surface area contributed by atoms with E-state index in [1.165, 1.54) is 17.0 Å². The Morgan fingerprint density at radius 2 is 1.62 bits per heavy atom. The van der Waals surface area contributed by atoms with Crippen molar-refractivity contribution in [1.29, 1.82) is 0 Å². The molecule has 32 nitrogen and oxygen atoms in total. The van der Waals surface area contributed by atoms with E-state index in [4.69, 9.17) is 38.0 Å². The number of hydrogen-bond acceptors (Lipinski definition) is 22. The highest BCUT2D eigenvalue weighted by Crippen LogP contribution is 2.53. The number of nitrogens with zero attached hydrogens (tertiary/aromatic N) is 7. The summed E-state index contributed by atoms with van der Waals surface area (Å²) in [6, 6.07) is 5.59. The summed E-state index contributed by atoms with van der Waals surface area (Å²) in [5.74, 6) is -2.47. The minimum Gasteiger partial charge on any atom is -0.444 e. The van der Waals surface area contributed by atoms with Crippen molar-refractivity contribution in [3.63, 3.8) is 0 Å². The second-order valence-corrected chi connectivity index (χ2v) is 22.8. The maximum atomic E-state index is 13.5. The summed E-state index contributed by atoms with van der Waals surface area (Å²) in [5.41, 5.74) is 6.30. The van der Waals surface area contributed by atoms with E-state index < -0.39 is 107 Å². The molecule has 5 aromatic rings. The first-order valence-corrected chi connectivity index (χ1v) is 28.7. The Labute approximate surface area is 464 Å².